The average molecular weight is 360 g/mol. The second-order valence-corrected chi connectivity index (χ2v) is 7.38. The zero-order valence-electron chi connectivity index (χ0n) is 13.8. The molecule has 0 atom stereocenters. The molecule has 1 aromatic rings. The highest BCUT2D eigenvalue weighted by atomic mass is 32.3. The van der Waals surface area contributed by atoms with E-state index in [9.17, 15) is 17.1 Å². The van der Waals surface area contributed by atoms with E-state index in [-0.39, 0.29) is 11.3 Å². The summed E-state index contributed by atoms with van der Waals surface area (Å²) >= 11 is 0. The van der Waals surface area contributed by atoms with Crippen molar-refractivity contribution in [3.63, 3.8) is 0 Å². The van der Waals surface area contributed by atoms with Gasteiger partial charge in [-0.2, -0.15) is 8.42 Å². The lowest BCUT2D eigenvalue weighted by Crippen LogP contribution is -2.43. The Labute approximate surface area is 141 Å². The molecule has 9 heteroatoms. The number of carbonyl (C=O) groups is 1. The quantitative estimate of drug-likeness (QED) is 0.645. The molecular weight excluding hydrogens is 339 g/mol. The second-order valence-electron chi connectivity index (χ2n) is 6.43. The van der Waals surface area contributed by atoms with Crippen LogP contribution in [0.3, 0.4) is 0 Å². The predicted octanol–water partition coefficient (Wildman–Crippen LogP) is 1.64. The van der Waals surface area contributed by atoms with Gasteiger partial charge >= 0.3 is 16.5 Å². The highest BCUT2D eigenvalue weighted by Crippen LogP contribution is 2.27. The van der Waals surface area contributed by atoms with E-state index in [4.69, 9.17) is 4.74 Å². The van der Waals surface area contributed by atoms with Gasteiger partial charge in [0, 0.05) is 37.9 Å². The van der Waals surface area contributed by atoms with Crippen molar-refractivity contribution in [2.24, 2.45) is 0 Å². The van der Waals surface area contributed by atoms with Crippen LogP contribution in [-0.2, 0) is 15.2 Å². The Morgan fingerprint density at radius 1 is 1.21 bits per heavy atom. The molecule has 0 aromatic heterocycles. The first-order chi connectivity index (χ1) is 11.0. The first-order valence-corrected chi connectivity index (χ1v) is 8.82. The van der Waals surface area contributed by atoms with Gasteiger partial charge in [0.2, 0.25) is 0 Å². The Bertz CT molecular complexity index is 709. The number of piperazine rings is 1. The molecule has 0 amide bonds. The van der Waals surface area contributed by atoms with Gasteiger partial charge < -0.3 is 19.1 Å². The van der Waals surface area contributed by atoms with E-state index in [1.165, 1.54) is 6.07 Å². The number of esters is 1. The minimum Gasteiger partial charge on any atom is -0.456 e. The molecule has 1 fully saturated rings. The molecule has 1 heterocycles. The largest absolute Gasteiger partial charge is 0.488 e. The predicted molar refractivity (Wildman–Crippen MR) is 87.3 cm³/mol. The highest BCUT2D eigenvalue weighted by molar-refractivity contribution is 7.81. The van der Waals surface area contributed by atoms with Crippen LogP contribution in [0.2, 0.25) is 0 Å². The maximum atomic E-state index is 12.9. The summed E-state index contributed by atoms with van der Waals surface area (Å²) in [5.41, 5.74) is -0.0481. The van der Waals surface area contributed by atoms with E-state index in [0.717, 1.165) is 19.2 Å². The molecule has 1 aliphatic rings. The number of nitrogens with one attached hydrogen (secondary N) is 1. The van der Waals surface area contributed by atoms with Gasteiger partial charge in [-0.25, -0.2) is 4.79 Å². The van der Waals surface area contributed by atoms with Crippen LogP contribution in [0.1, 0.15) is 31.1 Å². The van der Waals surface area contributed by atoms with Gasteiger partial charge in [0.1, 0.15) is 11.4 Å². The number of hydrogen-bond acceptors (Lipinski definition) is 7. The first kappa shape index (κ1) is 18.5. The van der Waals surface area contributed by atoms with Crippen molar-refractivity contribution in [1.82, 2.24) is 5.32 Å². The minimum atomic E-state index is -5.19. The fourth-order valence-electron chi connectivity index (χ4n) is 2.31. The maximum Gasteiger partial charge on any atom is 0.488 e. The summed E-state index contributed by atoms with van der Waals surface area (Å²) in [5, 5.41) is 3.19. The molecular formula is C15H21FN2O5S. The van der Waals surface area contributed by atoms with Crippen LogP contribution in [-0.4, -0.2) is 46.2 Å². The third-order valence-electron chi connectivity index (χ3n) is 3.20. The van der Waals surface area contributed by atoms with Gasteiger partial charge in [0.25, 0.3) is 0 Å². The molecule has 2 rings (SSSR count). The SMILES string of the molecule is CC(C)(C)OC(=O)c1cc(OS(=O)(=O)F)cc(N2CCNCC2)c1. The van der Waals surface area contributed by atoms with Crippen LogP contribution >= 0.6 is 0 Å². The van der Waals surface area contributed by atoms with Gasteiger partial charge in [0.15, 0.2) is 0 Å². The normalized spacial score (nSPS) is 15.9. The van der Waals surface area contributed by atoms with Gasteiger partial charge in [0.05, 0.1) is 5.56 Å². The Morgan fingerprint density at radius 3 is 2.38 bits per heavy atom. The van der Waals surface area contributed by atoms with Gasteiger partial charge in [-0.3, -0.25) is 0 Å². The number of benzene rings is 1. The number of carbonyl (C=O) groups excluding carboxylic acids is 1. The summed E-state index contributed by atoms with van der Waals surface area (Å²) in [5.74, 6) is -0.907. The smallest absolute Gasteiger partial charge is 0.456 e. The van der Waals surface area contributed by atoms with Crippen LogP contribution in [0, 0.1) is 0 Å². The van der Waals surface area contributed by atoms with Crippen molar-refractivity contribution in [3.05, 3.63) is 23.8 Å². The van der Waals surface area contributed by atoms with E-state index >= 15 is 0 Å². The summed E-state index contributed by atoms with van der Waals surface area (Å²) in [4.78, 5) is 14.2. The van der Waals surface area contributed by atoms with Gasteiger partial charge in [-0.1, -0.05) is 3.89 Å². The number of hydrogen-bond donors (Lipinski definition) is 1. The third-order valence-corrected chi connectivity index (χ3v) is 3.60. The van der Waals surface area contributed by atoms with E-state index < -0.39 is 22.1 Å². The zero-order valence-corrected chi connectivity index (χ0v) is 14.7. The van der Waals surface area contributed by atoms with Crippen molar-refractivity contribution in [1.29, 1.82) is 0 Å². The van der Waals surface area contributed by atoms with E-state index in [2.05, 4.69) is 9.50 Å². The molecule has 7 nitrogen and oxygen atoms in total. The number of anilines is 1. The monoisotopic (exact) mass is 360 g/mol. The molecule has 1 aromatic carbocycles. The molecule has 0 saturated carbocycles. The molecule has 1 aliphatic heterocycles. The van der Waals surface area contributed by atoms with Crippen LogP contribution in [0.5, 0.6) is 5.75 Å². The standard InChI is InChI=1S/C15H21FN2O5S/c1-15(2,3)22-14(19)11-8-12(18-6-4-17-5-7-18)10-13(9-11)23-24(16,20)21/h8-10,17H,4-7H2,1-3H3. The molecule has 0 bridgehead atoms. The van der Waals surface area contributed by atoms with E-state index in [1.807, 2.05) is 4.90 Å². The second kappa shape index (κ2) is 6.94. The van der Waals surface area contributed by atoms with Crippen LogP contribution in [0.4, 0.5) is 9.57 Å². The maximum absolute atomic E-state index is 12.9. The lowest BCUT2D eigenvalue weighted by Gasteiger charge is -2.30. The van der Waals surface area contributed by atoms with Crippen molar-refractivity contribution in [3.8, 4) is 5.75 Å². The van der Waals surface area contributed by atoms with E-state index in [1.54, 1.807) is 26.8 Å². The molecule has 134 valence electrons. The van der Waals surface area contributed by atoms with Crippen LogP contribution in [0.25, 0.3) is 0 Å². The number of halogens is 1. The molecule has 0 spiro atoms. The van der Waals surface area contributed by atoms with Crippen molar-refractivity contribution < 1.29 is 26.0 Å². The number of rotatable bonds is 4. The van der Waals surface area contributed by atoms with Gasteiger partial charge in [-0.05, 0) is 32.9 Å². The highest BCUT2D eigenvalue weighted by Gasteiger charge is 2.22. The third kappa shape index (κ3) is 5.64. The first-order valence-electron chi connectivity index (χ1n) is 7.52. The van der Waals surface area contributed by atoms with Gasteiger partial charge in [-0.15, -0.1) is 0 Å². The topological polar surface area (TPSA) is 84.9 Å². The number of ether oxygens (including phenoxy) is 1. The number of nitrogens with zero attached hydrogens (tertiary/aromatic N) is 1. The molecule has 1 N–H and O–H groups in total. The summed E-state index contributed by atoms with van der Waals surface area (Å²) < 4.78 is 44.0. The Kier molecular flexibility index (Phi) is 5.34. The van der Waals surface area contributed by atoms with E-state index in [0.29, 0.717) is 18.8 Å². The Hall–Kier alpha value is -1.87. The molecule has 0 aliphatic carbocycles. The lowest BCUT2D eigenvalue weighted by molar-refractivity contribution is 0.00692. The van der Waals surface area contributed by atoms with Crippen molar-refractivity contribution >= 4 is 22.2 Å². The molecule has 0 unspecified atom stereocenters. The molecule has 24 heavy (non-hydrogen) atoms. The Morgan fingerprint density at radius 2 is 1.83 bits per heavy atom. The Balaban J connectivity index is 2.37. The summed E-state index contributed by atoms with van der Waals surface area (Å²) in [7, 11) is -5.19. The fourth-order valence-corrected chi connectivity index (χ4v) is 2.63. The lowest BCUT2D eigenvalue weighted by atomic mass is 10.1. The summed E-state index contributed by atoms with van der Waals surface area (Å²) in [6.07, 6.45) is 0. The van der Waals surface area contributed by atoms with Crippen LogP contribution < -0.4 is 14.4 Å². The zero-order chi connectivity index (χ0) is 18.0. The average Bonchev–Trinajstić information content (AvgIpc) is 2.44. The van der Waals surface area contributed by atoms with Crippen molar-refractivity contribution in [2.45, 2.75) is 26.4 Å². The molecule has 0 radical (unpaired) electrons. The van der Waals surface area contributed by atoms with Crippen molar-refractivity contribution in [2.75, 3.05) is 31.1 Å². The van der Waals surface area contributed by atoms with Crippen LogP contribution in [0.15, 0.2) is 18.2 Å². The summed E-state index contributed by atoms with van der Waals surface area (Å²) in [6, 6.07) is 4.12. The molecule has 1 saturated heterocycles. The summed E-state index contributed by atoms with van der Waals surface area (Å²) in [6.45, 7) is 7.97. The minimum absolute atomic E-state index is 0.0969. The fraction of sp³-hybridized carbons (Fsp3) is 0.533.